The summed E-state index contributed by atoms with van der Waals surface area (Å²) in [6.07, 6.45) is 9.14. The summed E-state index contributed by atoms with van der Waals surface area (Å²) in [7, 11) is 0. The predicted octanol–water partition coefficient (Wildman–Crippen LogP) is 5.98. The number of nitrogens with one attached hydrogen (secondary N) is 1. The van der Waals surface area contributed by atoms with E-state index in [4.69, 9.17) is 8.83 Å². The summed E-state index contributed by atoms with van der Waals surface area (Å²) in [5.41, 5.74) is 2.33. The molecule has 7 heteroatoms. The SMILES string of the molecule is O=C(NCc1ccco1)c1ccc(-c2c(-c3ccc(F)cc3)ncn2C2CCCCC2)o1. The Hall–Kier alpha value is -3.61. The zero-order valence-electron chi connectivity index (χ0n) is 17.6. The second-order valence-corrected chi connectivity index (χ2v) is 8.07. The normalized spacial score (nSPS) is 14.5. The van der Waals surface area contributed by atoms with E-state index in [2.05, 4.69) is 14.9 Å². The van der Waals surface area contributed by atoms with Crippen molar-refractivity contribution in [2.45, 2.75) is 44.7 Å². The molecule has 3 heterocycles. The highest BCUT2D eigenvalue weighted by Crippen LogP contribution is 2.38. The Kier molecular flexibility index (Phi) is 5.62. The van der Waals surface area contributed by atoms with E-state index >= 15 is 0 Å². The molecule has 0 radical (unpaired) electrons. The van der Waals surface area contributed by atoms with Crippen LogP contribution in [0.5, 0.6) is 0 Å². The highest BCUT2D eigenvalue weighted by molar-refractivity contribution is 5.92. The van der Waals surface area contributed by atoms with Crippen LogP contribution in [-0.4, -0.2) is 15.5 Å². The van der Waals surface area contributed by atoms with Crippen molar-refractivity contribution in [2.75, 3.05) is 0 Å². The Labute approximate surface area is 185 Å². The molecule has 1 fully saturated rings. The number of hydrogen-bond acceptors (Lipinski definition) is 4. The molecule has 1 aliphatic carbocycles. The number of furan rings is 2. The smallest absolute Gasteiger partial charge is 0.287 e. The first-order valence-corrected chi connectivity index (χ1v) is 10.9. The molecule has 5 rings (SSSR count). The summed E-state index contributed by atoms with van der Waals surface area (Å²) >= 11 is 0. The number of hydrogen-bond donors (Lipinski definition) is 1. The van der Waals surface area contributed by atoms with Gasteiger partial charge < -0.3 is 18.7 Å². The molecule has 0 spiro atoms. The maximum atomic E-state index is 13.5. The van der Waals surface area contributed by atoms with Gasteiger partial charge in [0.15, 0.2) is 11.5 Å². The molecule has 0 saturated heterocycles. The maximum absolute atomic E-state index is 13.5. The first-order valence-electron chi connectivity index (χ1n) is 10.9. The van der Waals surface area contributed by atoms with Crippen LogP contribution in [0.3, 0.4) is 0 Å². The van der Waals surface area contributed by atoms with Gasteiger partial charge in [-0.15, -0.1) is 0 Å². The zero-order chi connectivity index (χ0) is 21.9. The largest absolute Gasteiger partial charge is 0.467 e. The van der Waals surface area contributed by atoms with Crippen LogP contribution in [0.1, 0.15) is 54.5 Å². The first-order chi connectivity index (χ1) is 15.7. The van der Waals surface area contributed by atoms with Crippen molar-refractivity contribution < 1.29 is 18.0 Å². The van der Waals surface area contributed by atoms with Gasteiger partial charge in [0.2, 0.25) is 0 Å². The van der Waals surface area contributed by atoms with E-state index in [1.165, 1.54) is 31.4 Å². The first kappa shape index (κ1) is 20.3. The zero-order valence-corrected chi connectivity index (χ0v) is 17.6. The average Bonchev–Trinajstić information content (AvgIpc) is 3.59. The summed E-state index contributed by atoms with van der Waals surface area (Å²) in [6, 6.07) is 13.6. The second kappa shape index (κ2) is 8.86. The van der Waals surface area contributed by atoms with Gasteiger partial charge in [-0.25, -0.2) is 9.37 Å². The van der Waals surface area contributed by atoms with Crippen molar-refractivity contribution in [3.05, 3.63) is 78.5 Å². The minimum absolute atomic E-state index is 0.216. The van der Waals surface area contributed by atoms with Crippen LogP contribution in [-0.2, 0) is 6.54 Å². The Morgan fingerprint density at radius 1 is 1.09 bits per heavy atom. The number of halogens is 1. The monoisotopic (exact) mass is 433 g/mol. The van der Waals surface area contributed by atoms with E-state index in [-0.39, 0.29) is 24.0 Å². The number of aromatic nitrogens is 2. The molecule has 4 aromatic rings. The molecule has 0 aliphatic heterocycles. The van der Waals surface area contributed by atoms with Gasteiger partial charge in [0.25, 0.3) is 5.91 Å². The molecule has 1 N–H and O–H groups in total. The number of carbonyl (C=O) groups is 1. The molecule has 1 aliphatic rings. The molecule has 3 aromatic heterocycles. The van der Waals surface area contributed by atoms with Crippen LogP contribution in [0, 0.1) is 5.82 Å². The van der Waals surface area contributed by atoms with Crippen LogP contribution in [0.25, 0.3) is 22.7 Å². The van der Waals surface area contributed by atoms with E-state index in [0.717, 1.165) is 24.1 Å². The molecule has 164 valence electrons. The lowest BCUT2D eigenvalue weighted by Crippen LogP contribution is -2.21. The lowest BCUT2D eigenvalue weighted by atomic mass is 9.95. The molecule has 1 amide bonds. The molecular weight excluding hydrogens is 409 g/mol. The summed E-state index contributed by atoms with van der Waals surface area (Å²) in [4.78, 5) is 17.3. The van der Waals surface area contributed by atoms with Crippen molar-refractivity contribution in [3.8, 4) is 22.7 Å². The highest BCUT2D eigenvalue weighted by Gasteiger charge is 2.25. The minimum atomic E-state index is -0.320. The van der Waals surface area contributed by atoms with Crippen LogP contribution >= 0.6 is 0 Å². The van der Waals surface area contributed by atoms with E-state index in [0.29, 0.717) is 23.3 Å². The van der Waals surface area contributed by atoms with Crippen molar-refractivity contribution in [3.63, 3.8) is 0 Å². The summed E-state index contributed by atoms with van der Waals surface area (Å²) < 4.78 is 26.9. The lowest BCUT2D eigenvalue weighted by Gasteiger charge is -2.24. The number of nitrogens with zero attached hydrogens (tertiary/aromatic N) is 2. The van der Waals surface area contributed by atoms with Gasteiger partial charge in [-0.3, -0.25) is 4.79 Å². The fourth-order valence-electron chi connectivity index (χ4n) is 4.31. The number of rotatable bonds is 6. The predicted molar refractivity (Wildman–Crippen MR) is 117 cm³/mol. The van der Waals surface area contributed by atoms with Crippen LogP contribution < -0.4 is 5.32 Å². The van der Waals surface area contributed by atoms with Gasteiger partial charge in [-0.05, 0) is 61.4 Å². The molecule has 1 aromatic carbocycles. The quantitative estimate of drug-likeness (QED) is 0.406. The van der Waals surface area contributed by atoms with Gasteiger partial charge >= 0.3 is 0 Å². The Bertz CT molecular complexity index is 1190. The van der Waals surface area contributed by atoms with Crippen LogP contribution in [0.2, 0.25) is 0 Å². The van der Waals surface area contributed by atoms with Crippen LogP contribution in [0.15, 0.2) is 70.0 Å². The molecule has 1 saturated carbocycles. The Morgan fingerprint density at radius 2 is 1.91 bits per heavy atom. The minimum Gasteiger partial charge on any atom is -0.467 e. The van der Waals surface area contributed by atoms with Gasteiger partial charge in [-0.1, -0.05) is 19.3 Å². The van der Waals surface area contributed by atoms with Crippen LogP contribution in [0.4, 0.5) is 4.39 Å². The highest BCUT2D eigenvalue weighted by atomic mass is 19.1. The second-order valence-electron chi connectivity index (χ2n) is 8.07. The summed E-state index contributed by atoms with van der Waals surface area (Å²) in [5, 5.41) is 2.80. The van der Waals surface area contributed by atoms with E-state index in [1.807, 2.05) is 6.33 Å². The fraction of sp³-hybridized carbons (Fsp3) is 0.280. The van der Waals surface area contributed by atoms with E-state index in [9.17, 15) is 9.18 Å². The van der Waals surface area contributed by atoms with Gasteiger partial charge in [-0.2, -0.15) is 0 Å². The van der Waals surface area contributed by atoms with Gasteiger partial charge in [0.1, 0.15) is 17.3 Å². The molecule has 0 bridgehead atoms. The number of imidazole rings is 1. The maximum Gasteiger partial charge on any atom is 0.287 e. The number of benzene rings is 1. The Balaban J connectivity index is 1.47. The third-order valence-electron chi connectivity index (χ3n) is 5.95. The third kappa shape index (κ3) is 4.10. The van der Waals surface area contributed by atoms with Crippen molar-refractivity contribution in [1.82, 2.24) is 14.9 Å². The molecule has 0 atom stereocenters. The van der Waals surface area contributed by atoms with Crippen molar-refractivity contribution in [1.29, 1.82) is 0 Å². The van der Waals surface area contributed by atoms with Crippen molar-refractivity contribution >= 4 is 5.91 Å². The summed E-state index contributed by atoms with van der Waals surface area (Å²) in [5.74, 6) is 0.831. The number of carbonyl (C=O) groups excluding carboxylic acids is 1. The molecule has 32 heavy (non-hydrogen) atoms. The standard InChI is InChI=1S/C25H24FN3O3/c26-18-10-8-17(9-11-18)23-24(29(16-28-23)19-5-2-1-3-6-19)21-12-13-22(32-21)25(30)27-15-20-7-4-14-31-20/h4,7-14,16,19H,1-3,5-6,15H2,(H,27,30). The summed E-state index contributed by atoms with van der Waals surface area (Å²) in [6.45, 7) is 0.280. The topological polar surface area (TPSA) is 73.2 Å². The Morgan fingerprint density at radius 3 is 2.66 bits per heavy atom. The number of amides is 1. The fourth-order valence-corrected chi connectivity index (χ4v) is 4.31. The molecule has 6 nitrogen and oxygen atoms in total. The van der Waals surface area contributed by atoms with E-state index in [1.54, 1.807) is 42.7 Å². The van der Waals surface area contributed by atoms with E-state index < -0.39 is 0 Å². The van der Waals surface area contributed by atoms with Crippen molar-refractivity contribution in [2.24, 2.45) is 0 Å². The van der Waals surface area contributed by atoms with Gasteiger partial charge in [0.05, 0.1) is 24.8 Å². The molecule has 0 unspecified atom stereocenters. The van der Waals surface area contributed by atoms with Gasteiger partial charge in [0, 0.05) is 11.6 Å². The average molecular weight is 433 g/mol. The molecular formula is C25H24FN3O3. The third-order valence-corrected chi connectivity index (χ3v) is 5.95. The lowest BCUT2D eigenvalue weighted by molar-refractivity contribution is 0.0921.